The van der Waals surface area contributed by atoms with E-state index in [0.29, 0.717) is 17.7 Å². The highest BCUT2D eigenvalue weighted by molar-refractivity contribution is 5.85. The van der Waals surface area contributed by atoms with Crippen LogP contribution in [0.1, 0.15) is 47.9 Å². The van der Waals surface area contributed by atoms with Crippen molar-refractivity contribution in [2.45, 2.75) is 49.9 Å². The van der Waals surface area contributed by atoms with Gasteiger partial charge in [0.05, 0.1) is 24.8 Å². The number of aryl methyl sites for hydroxylation is 1. The van der Waals surface area contributed by atoms with Crippen LogP contribution in [0.5, 0.6) is 5.75 Å². The minimum atomic E-state index is -4.21. The number of alkyl halides is 3. The number of piperidine rings is 1. The standard InChI is InChI=1S/C23H27F3N2O.2ClH/c1-28(19-9-6-12-27-22(19)15-7-4-3-5-8-15)20-14-17-16(13-21(20)29-2)10-11-18(17)23(24,25)26;;/h3-5,7-8,13-14,18-19,22,27H,6,9-12H2,1-2H3;2*1H/t18?,19-,22-;;/m0../s1. The lowest BCUT2D eigenvalue weighted by atomic mass is 9.90. The number of hydrogen-bond donors (Lipinski definition) is 1. The second kappa shape index (κ2) is 10.3. The van der Waals surface area contributed by atoms with Gasteiger partial charge in [0.2, 0.25) is 0 Å². The molecule has 2 aliphatic rings. The lowest BCUT2D eigenvalue weighted by Crippen LogP contribution is -2.47. The molecule has 1 aliphatic carbocycles. The van der Waals surface area contributed by atoms with Gasteiger partial charge in [-0.3, -0.25) is 0 Å². The van der Waals surface area contributed by atoms with E-state index < -0.39 is 12.1 Å². The lowest BCUT2D eigenvalue weighted by molar-refractivity contribution is -0.149. The average molecular weight is 477 g/mol. The molecule has 2 aromatic rings. The Labute approximate surface area is 194 Å². The number of anilines is 1. The molecule has 3 nitrogen and oxygen atoms in total. The Morgan fingerprint density at radius 2 is 1.77 bits per heavy atom. The third-order valence-corrected chi connectivity index (χ3v) is 6.38. The summed E-state index contributed by atoms with van der Waals surface area (Å²) >= 11 is 0. The maximum atomic E-state index is 13.5. The van der Waals surface area contributed by atoms with Crippen molar-refractivity contribution in [3.05, 3.63) is 59.2 Å². The molecule has 0 spiro atoms. The smallest absolute Gasteiger partial charge is 0.395 e. The van der Waals surface area contributed by atoms with Crippen LogP contribution in [-0.4, -0.2) is 32.9 Å². The van der Waals surface area contributed by atoms with Crippen molar-refractivity contribution >= 4 is 30.5 Å². The van der Waals surface area contributed by atoms with Gasteiger partial charge >= 0.3 is 6.18 Å². The molecule has 3 atom stereocenters. The van der Waals surface area contributed by atoms with Gasteiger partial charge in [0.25, 0.3) is 0 Å². The van der Waals surface area contributed by atoms with E-state index in [9.17, 15) is 13.2 Å². The highest BCUT2D eigenvalue weighted by atomic mass is 35.5. The van der Waals surface area contributed by atoms with Gasteiger partial charge < -0.3 is 15.0 Å². The minimum Gasteiger partial charge on any atom is -0.495 e. The number of ether oxygens (including phenoxy) is 1. The summed E-state index contributed by atoms with van der Waals surface area (Å²) in [5, 5.41) is 3.60. The zero-order valence-corrected chi connectivity index (χ0v) is 19.2. The summed E-state index contributed by atoms with van der Waals surface area (Å²) in [7, 11) is 3.55. The van der Waals surface area contributed by atoms with Gasteiger partial charge in [-0.2, -0.15) is 13.2 Å². The highest BCUT2D eigenvalue weighted by Gasteiger charge is 2.45. The second-order valence-electron chi connectivity index (χ2n) is 8.02. The van der Waals surface area contributed by atoms with Gasteiger partial charge in [0.15, 0.2) is 0 Å². The Hall–Kier alpha value is -1.63. The summed E-state index contributed by atoms with van der Waals surface area (Å²) in [5.74, 6) is -0.739. The van der Waals surface area contributed by atoms with E-state index in [-0.39, 0.29) is 43.3 Å². The van der Waals surface area contributed by atoms with E-state index in [1.807, 2.05) is 25.2 Å². The zero-order valence-electron chi connectivity index (χ0n) is 17.6. The summed E-state index contributed by atoms with van der Waals surface area (Å²) < 4.78 is 46.2. The van der Waals surface area contributed by atoms with Gasteiger partial charge in [0, 0.05) is 13.1 Å². The molecule has 172 valence electrons. The van der Waals surface area contributed by atoms with Crippen LogP contribution >= 0.6 is 24.8 Å². The van der Waals surface area contributed by atoms with Crippen LogP contribution in [0.15, 0.2) is 42.5 Å². The van der Waals surface area contributed by atoms with Gasteiger partial charge in [0.1, 0.15) is 5.75 Å². The molecular weight excluding hydrogens is 448 g/mol. The number of benzene rings is 2. The van der Waals surface area contributed by atoms with Crippen LogP contribution in [0.3, 0.4) is 0 Å². The van der Waals surface area contributed by atoms with Crippen molar-refractivity contribution < 1.29 is 17.9 Å². The number of rotatable bonds is 4. The molecule has 4 rings (SSSR count). The van der Waals surface area contributed by atoms with Crippen molar-refractivity contribution in [1.29, 1.82) is 0 Å². The molecular formula is C23H29Cl2F3N2O. The van der Waals surface area contributed by atoms with Gasteiger partial charge in [-0.05, 0) is 61.1 Å². The summed E-state index contributed by atoms with van der Waals surface area (Å²) in [5.41, 5.74) is 3.08. The molecule has 1 heterocycles. The molecule has 0 saturated carbocycles. The van der Waals surface area contributed by atoms with Crippen molar-refractivity contribution in [2.75, 3.05) is 25.6 Å². The highest BCUT2D eigenvalue weighted by Crippen LogP contribution is 2.48. The van der Waals surface area contributed by atoms with E-state index in [1.54, 1.807) is 19.2 Å². The van der Waals surface area contributed by atoms with E-state index in [4.69, 9.17) is 4.74 Å². The van der Waals surface area contributed by atoms with Crippen LogP contribution in [0.25, 0.3) is 0 Å². The fourth-order valence-corrected chi connectivity index (χ4v) is 4.87. The van der Waals surface area contributed by atoms with Gasteiger partial charge in [-0.15, -0.1) is 24.8 Å². The topological polar surface area (TPSA) is 24.5 Å². The molecule has 2 aromatic carbocycles. The largest absolute Gasteiger partial charge is 0.495 e. The normalized spacial score (nSPS) is 22.7. The molecule has 31 heavy (non-hydrogen) atoms. The first-order valence-electron chi connectivity index (χ1n) is 10.2. The number of methoxy groups -OCH3 is 1. The molecule has 1 fully saturated rings. The third kappa shape index (κ3) is 5.07. The summed E-state index contributed by atoms with van der Waals surface area (Å²) in [6.07, 6.45) is -1.66. The maximum absolute atomic E-state index is 13.5. The monoisotopic (exact) mass is 476 g/mol. The Bertz CT molecular complexity index is 864. The maximum Gasteiger partial charge on any atom is 0.395 e. The Kier molecular flexibility index (Phi) is 8.54. The first-order valence-corrected chi connectivity index (χ1v) is 10.2. The van der Waals surface area contributed by atoms with E-state index in [2.05, 4.69) is 22.3 Å². The fraction of sp³-hybridized carbons (Fsp3) is 0.478. The summed E-state index contributed by atoms with van der Waals surface area (Å²) in [4.78, 5) is 2.11. The van der Waals surface area contributed by atoms with E-state index in [0.717, 1.165) is 30.6 Å². The molecule has 8 heteroatoms. The SMILES string of the molecule is COc1cc2c(cc1N(C)[C@H]1CCCN[C@H]1c1ccccc1)C(C(F)(F)F)CC2.Cl.Cl. The first kappa shape index (κ1) is 25.6. The minimum absolute atomic E-state index is 0. The quantitative estimate of drug-likeness (QED) is 0.580. The number of likely N-dealkylation sites (N-methyl/N-ethyl adjacent to an activating group) is 1. The average Bonchev–Trinajstić information content (AvgIpc) is 3.16. The molecule has 0 bridgehead atoms. The number of nitrogens with one attached hydrogen (secondary N) is 1. The number of hydrogen-bond acceptors (Lipinski definition) is 3. The number of halogens is 5. The van der Waals surface area contributed by atoms with Crippen molar-refractivity contribution in [2.24, 2.45) is 0 Å². The van der Waals surface area contributed by atoms with Gasteiger partial charge in [-0.1, -0.05) is 30.3 Å². The van der Waals surface area contributed by atoms with Gasteiger partial charge in [-0.25, -0.2) is 0 Å². The van der Waals surface area contributed by atoms with E-state index >= 15 is 0 Å². The molecule has 0 aromatic heterocycles. The molecule has 1 aliphatic heterocycles. The van der Waals surface area contributed by atoms with Crippen molar-refractivity contribution in [3.8, 4) is 5.75 Å². The van der Waals surface area contributed by atoms with Crippen LogP contribution in [-0.2, 0) is 6.42 Å². The Morgan fingerprint density at radius 1 is 1.06 bits per heavy atom. The van der Waals surface area contributed by atoms with Crippen molar-refractivity contribution in [1.82, 2.24) is 5.32 Å². The summed E-state index contributed by atoms with van der Waals surface area (Å²) in [6, 6.07) is 14.0. The van der Waals surface area contributed by atoms with Crippen LogP contribution in [0, 0.1) is 0 Å². The second-order valence-corrected chi connectivity index (χ2v) is 8.02. The number of fused-ring (bicyclic) bond motifs is 1. The van der Waals surface area contributed by atoms with E-state index in [1.165, 1.54) is 5.56 Å². The van der Waals surface area contributed by atoms with Crippen molar-refractivity contribution in [3.63, 3.8) is 0 Å². The predicted octanol–water partition coefficient (Wildman–Crippen LogP) is 6.06. The third-order valence-electron chi connectivity index (χ3n) is 6.38. The molecule has 1 unspecified atom stereocenters. The van der Waals surface area contributed by atoms with Crippen LogP contribution in [0.2, 0.25) is 0 Å². The fourth-order valence-electron chi connectivity index (χ4n) is 4.87. The lowest BCUT2D eigenvalue weighted by Gasteiger charge is -2.40. The zero-order chi connectivity index (χ0) is 20.6. The van der Waals surface area contributed by atoms with Crippen LogP contribution < -0.4 is 15.0 Å². The Morgan fingerprint density at radius 3 is 2.42 bits per heavy atom. The van der Waals surface area contributed by atoms with Crippen LogP contribution in [0.4, 0.5) is 18.9 Å². The first-order chi connectivity index (χ1) is 13.9. The molecule has 1 N–H and O–H groups in total. The number of nitrogens with zero attached hydrogens (tertiary/aromatic N) is 1. The summed E-state index contributed by atoms with van der Waals surface area (Å²) in [6.45, 7) is 0.932. The Balaban J connectivity index is 0.00000171. The molecule has 1 saturated heterocycles. The molecule has 0 amide bonds. The predicted molar refractivity (Wildman–Crippen MR) is 123 cm³/mol. The molecule has 0 radical (unpaired) electrons.